The third kappa shape index (κ3) is 3.29. The van der Waals surface area contributed by atoms with Crippen LogP contribution in [0.5, 0.6) is 0 Å². The first-order valence-electron chi connectivity index (χ1n) is 7.92. The number of nitrogens with zero attached hydrogens (tertiary/aromatic N) is 2. The summed E-state index contributed by atoms with van der Waals surface area (Å²) >= 11 is 0. The molecule has 0 amide bonds. The van der Waals surface area contributed by atoms with Gasteiger partial charge in [-0.25, -0.2) is 4.79 Å². The topological polar surface area (TPSA) is 114 Å². The van der Waals surface area contributed by atoms with E-state index in [-0.39, 0.29) is 6.54 Å². The highest BCUT2D eigenvalue weighted by Crippen LogP contribution is 2.27. The number of aliphatic hydroxyl groups excluding tert-OH is 3. The summed E-state index contributed by atoms with van der Waals surface area (Å²) in [5, 5.41) is 29.1. The maximum atomic E-state index is 12.7. The Kier molecular flexibility index (Phi) is 4.87. The van der Waals surface area contributed by atoms with Gasteiger partial charge in [-0.2, -0.15) is 0 Å². The van der Waals surface area contributed by atoms with Gasteiger partial charge >= 0.3 is 5.69 Å². The molecule has 4 atom stereocenters. The molecule has 1 aromatic carbocycles. The summed E-state index contributed by atoms with van der Waals surface area (Å²) in [4.78, 5) is 24.8. The Morgan fingerprint density at radius 2 is 1.76 bits per heavy atom. The summed E-state index contributed by atoms with van der Waals surface area (Å²) in [5.41, 5.74) is 0.702. The Balaban J connectivity index is 1.97. The van der Waals surface area contributed by atoms with Crippen molar-refractivity contribution in [2.45, 2.75) is 38.0 Å². The van der Waals surface area contributed by atoms with Crippen molar-refractivity contribution in [2.75, 3.05) is 6.61 Å². The molecule has 1 unspecified atom stereocenters. The van der Waals surface area contributed by atoms with Crippen LogP contribution in [0.25, 0.3) is 0 Å². The lowest BCUT2D eigenvalue weighted by atomic mass is 10.1. The molecule has 1 fully saturated rings. The highest BCUT2D eigenvalue weighted by atomic mass is 16.6. The Morgan fingerprint density at radius 3 is 2.36 bits per heavy atom. The molecule has 1 saturated heterocycles. The van der Waals surface area contributed by atoms with E-state index in [1.165, 1.54) is 12.3 Å². The molecule has 3 rings (SSSR count). The Morgan fingerprint density at radius 1 is 1.08 bits per heavy atom. The van der Waals surface area contributed by atoms with Crippen LogP contribution in [-0.4, -0.2) is 49.4 Å². The molecule has 2 aromatic rings. The lowest BCUT2D eigenvalue weighted by Gasteiger charge is -2.18. The van der Waals surface area contributed by atoms with Gasteiger partial charge in [0.2, 0.25) is 0 Å². The first-order valence-corrected chi connectivity index (χ1v) is 7.92. The zero-order valence-corrected chi connectivity index (χ0v) is 13.6. The third-order valence-electron chi connectivity index (χ3n) is 4.35. The third-order valence-corrected chi connectivity index (χ3v) is 4.35. The summed E-state index contributed by atoms with van der Waals surface area (Å²) in [6, 6.07) is 8.61. The molecule has 25 heavy (non-hydrogen) atoms. The fourth-order valence-corrected chi connectivity index (χ4v) is 2.86. The zero-order chi connectivity index (χ0) is 18.1. The molecule has 0 aliphatic carbocycles. The van der Waals surface area contributed by atoms with Crippen LogP contribution in [-0.2, 0) is 11.3 Å². The molecular weight excluding hydrogens is 328 g/mol. The van der Waals surface area contributed by atoms with Crippen LogP contribution in [0.2, 0.25) is 0 Å². The van der Waals surface area contributed by atoms with Gasteiger partial charge in [0.25, 0.3) is 5.56 Å². The number of ether oxygens (including phenoxy) is 1. The van der Waals surface area contributed by atoms with Gasteiger partial charge in [0.05, 0.1) is 13.2 Å². The lowest BCUT2D eigenvalue weighted by Crippen LogP contribution is -2.43. The van der Waals surface area contributed by atoms with Crippen LogP contribution in [0.3, 0.4) is 0 Å². The van der Waals surface area contributed by atoms with E-state index in [2.05, 4.69) is 0 Å². The second-order valence-electron chi connectivity index (χ2n) is 6.14. The van der Waals surface area contributed by atoms with Gasteiger partial charge in [0.15, 0.2) is 6.23 Å². The van der Waals surface area contributed by atoms with Gasteiger partial charge in [0, 0.05) is 12.3 Å². The van der Waals surface area contributed by atoms with Gasteiger partial charge in [-0.1, -0.05) is 29.8 Å². The Hall–Kier alpha value is -2.26. The summed E-state index contributed by atoms with van der Waals surface area (Å²) in [5.74, 6) is 0. The minimum atomic E-state index is -1.39. The average molecular weight is 348 g/mol. The first kappa shape index (κ1) is 17.6. The fraction of sp³-hybridized carbons (Fsp3) is 0.412. The highest BCUT2D eigenvalue weighted by Gasteiger charge is 2.43. The van der Waals surface area contributed by atoms with Gasteiger partial charge in [-0.05, 0) is 12.5 Å². The predicted molar refractivity (Wildman–Crippen MR) is 88.3 cm³/mol. The number of hydrogen-bond acceptors (Lipinski definition) is 6. The number of aliphatic hydroxyl groups is 3. The molecule has 0 bridgehead atoms. The first-order chi connectivity index (χ1) is 11.9. The van der Waals surface area contributed by atoms with E-state index in [0.29, 0.717) is 0 Å². The number of aryl methyl sites for hydroxylation is 1. The summed E-state index contributed by atoms with van der Waals surface area (Å²) in [6.45, 7) is 1.52. The normalized spacial score (nSPS) is 26.1. The van der Waals surface area contributed by atoms with Crippen LogP contribution in [0.1, 0.15) is 17.4 Å². The molecule has 134 valence electrons. The van der Waals surface area contributed by atoms with E-state index in [9.17, 15) is 19.8 Å². The van der Waals surface area contributed by atoms with Crippen molar-refractivity contribution in [3.63, 3.8) is 0 Å². The van der Waals surface area contributed by atoms with Gasteiger partial charge in [0.1, 0.15) is 18.3 Å². The lowest BCUT2D eigenvalue weighted by molar-refractivity contribution is -0.0555. The summed E-state index contributed by atoms with van der Waals surface area (Å²) in [7, 11) is 0. The van der Waals surface area contributed by atoms with Crippen LogP contribution < -0.4 is 11.2 Å². The average Bonchev–Trinajstić information content (AvgIpc) is 2.88. The SMILES string of the molecule is Cc1ccc(Cn2c(=O)ccn(C3O[C@H](CO)[C@@H](O)[C@H]3O)c2=O)cc1. The molecule has 1 aliphatic rings. The molecule has 8 nitrogen and oxygen atoms in total. The molecule has 3 N–H and O–H groups in total. The van der Waals surface area contributed by atoms with Gasteiger partial charge in [-0.15, -0.1) is 0 Å². The molecule has 2 heterocycles. The van der Waals surface area contributed by atoms with Crippen molar-refractivity contribution >= 4 is 0 Å². The molecule has 1 aliphatic heterocycles. The van der Waals surface area contributed by atoms with Crippen LogP contribution in [0.4, 0.5) is 0 Å². The second-order valence-corrected chi connectivity index (χ2v) is 6.14. The summed E-state index contributed by atoms with van der Waals surface area (Å²) < 4.78 is 7.44. The van der Waals surface area contributed by atoms with Crippen molar-refractivity contribution in [3.8, 4) is 0 Å². The molecule has 0 radical (unpaired) electrons. The maximum absolute atomic E-state index is 12.7. The van der Waals surface area contributed by atoms with Crippen molar-refractivity contribution in [1.29, 1.82) is 0 Å². The summed E-state index contributed by atoms with van der Waals surface area (Å²) in [6.07, 6.45) is -3.66. The molecule has 0 spiro atoms. The molecular formula is C17H20N2O6. The van der Waals surface area contributed by atoms with E-state index >= 15 is 0 Å². The van der Waals surface area contributed by atoms with Crippen LogP contribution in [0, 0.1) is 6.92 Å². The van der Waals surface area contributed by atoms with E-state index < -0.39 is 42.4 Å². The number of aromatic nitrogens is 2. The monoisotopic (exact) mass is 348 g/mol. The largest absolute Gasteiger partial charge is 0.394 e. The molecule has 8 heteroatoms. The standard InChI is InChI=1S/C17H20N2O6/c1-10-2-4-11(5-3-10)8-19-13(21)6-7-18(17(19)24)16-15(23)14(22)12(9-20)25-16/h2-7,12,14-16,20,22-23H,8-9H2,1H3/t12-,14-,15-,16?/m1/s1. The molecule has 0 saturated carbocycles. The minimum Gasteiger partial charge on any atom is -0.394 e. The minimum absolute atomic E-state index is 0.0770. The number of hydrogen-bond donors (Lipinski definition) is 3. The van der Waals surface area contributed by atoms with E-state index in [1.807, 2.05) is 31.2 Å². The van der Waals surface area contributed by atoms with E-state index in [1.54, 1.807) is 0 Å². The van der Waals surface area contributed by atoms with Crippen LogP contribution >= 0.6 is 0 Å². The molecule has 1 aromatic heterocycles. The van der Waals surface area contributed by atoms with Crippen molar-refractivity contribution in [1.82, 2.24) is 9.13 Å². The highest BCUT2D eigenvalue weighted by molar-refractivity contribution is 5.21. The Bertz CT molecular complexity index is 857. The maximum Gasteiger partial charge on any atom is 0.333 e. The quantitative estimate of drug-likeness (QED) is 0.652. The van der Waals surface area contributed by atoms with Crippen molar-refractivity contribution < 1.29 is 20.1 Å². The van der Waals surface area contributed by atoms with Crippen molar-refractivity contribution in [2.24, 2.45) is 0 Å². The zero-order valence-electron chi connectivity index (χ0n) is 13.6. The van der Waals surface area contributed by atoms with E-state index in [4.69, 9.17) is 9.84 Å². The second kappa shape index (κ2) is 6.93. The van der Waals surface area contributed by atoms with Gasteiger partial charge < -0.3 is 20.1 Å². The van der Waals surface area contributed by atoms with E-state index in [0.717, 1.165) is 20.3 Å². The van der Waals surface area contributed by atoms with Crippen LogP contribution in [0.15, 0.2) is 46.1 Å². The Labute approximate surface area is 143 Å². The predicted octanol–water partition coefficient (Wildman–Crippen LogP) is -1.02. The number of rotatable bonds is 4. The van der Waals surface area contributed by atoms with Gasteiger partial charge in [-0.3, -0.25) is 13.9 Å². The fourth-order valence-electron chi connectivity index (χ4n) is 2.86. The number of benzene rings is 1. The smallest absolute Gasteiger partial charge is 0.333 e. The van der Waals surface area contributed by atoms with Crippen molar-refractivity contribution in [3.05, 3.63) is 68.5 Å².